The molecular weight excluding hydrogens is 272 g/mol. The molecular formula is C14H20N4OS. The summed E-state index contributed by atoms with van der Waals surface area (Å²) < 4.78 is 7.25. The second kappa shape index (κ2) is 7.31. The van der Waals surface area contributed by atoms with Crippen LogP contribution in [-0.2, 0) is 7.05 Å². The number of benzene rings is 1. The fraction of sp³-hybridized carbons (Fsp3) is 0.429. The second-order valence-electron chi connectivity index (χ2n) is 4.32. The van der Waals surface area contributed by atoms with Crippen molar-refractivity contribution in [2.24, 2.45) is 7.05 Å². The summed E-state index contributed by atoms with van der Waals surface area (Å²) in [6, 6.07) is 8.49. The molecule has 0 amide bonds. The van der Waals surface area contributed by atoms with Crippen molar-refractivity contribution >= 4 is 11.8 Å². The van der Waals surface area contributed by atoms with Gasteiger partial charge in [-0.3, -0.25) is 0 Å². The summed E-state index contributed by atoms with van der Waals surface area (Å²) in [5.41, 5.74) is 1.24. The summed E-state index contributed by atoms with van der Waals surface area (Å²) in [5.74, 6) is 1.81. The highest BCUT2D eigenvalue weighted by Gasteiger charge is 2.11. The van der Waals surface area contributed by atoms with Crippen LogP contribution in [0.4, 0.5) is 0 Å². The first-order chi connectivity index (χ1) is 9.74. The largest absolute Gasteiger partial charge is 0.494 e. The van der Waals surface area contributed by atoms with Crippen molar-refractivity contribution < 1.29 is 4.74 Å². The Morgan fingerprint density at radius 3 is 2.65 bits per heavy atom. The minimum atomic E-state index is 0.271. The molecule has 2 aromatic rings. The maximum absolute atomic E-state index is 5.46. The lowest BCUT2D eigenvalue weighted by Crippen LogP contribution is -2.19. The lowest BCUT2D eigenvalue weighted by molar-refractivity contribution is 0.340. The van der Waals surface area contributed by atoms with Gasteiger partial charge in [0.2, 0.25) is 0 Å². The van der Waals surface area contributed by atoms with Crippen molar-refractivity contribution in [3.63, 3.8) is 0 Å². The topological polar surface area (TPSA) is 52.0 Å². The number of aromatic nitrogens is 3. The minimum absolute atomic E-state index is 0.271. The first-order valence-corrected chi connectivity index (χ1v) is 7.60. The zero-order chi connectivity index (χ0) is 14.4. The molecule has 1 unspecified atom stereocenters. The summed E-state index contributed by atoms with van der Waals surface area (Å²) >= 11 is 1.69. The molecule has 0 fully saturated rings. The van der Waals surface area contributed by atoms with Gasteiger partial charge >= 0.3 is 0 Å². The van der Waals surface area contributed by atoms with E-state index in [0.717, 1.165) is 16.7 Å². The quantitative estimate of drug-likeness (QED) is 0.793. The van der Waals surface area contributed by atoms with E-state index in [-0.39, 0.29) is 6.04 Å². The molecule has 0 radical (unpaired) electrons. The van der Waals surface area contributed by atoms with Crippen LogP contribution in [0.2, 0.25) is 0 Å². The molecule has 0 aliphatic heterocycles. The number of nitrogens with one attached hydrogen (secondary N) is 1. The smallest absolute Gasteiger partial charge is 0.185 e. The summed E-state index contributed by atoms with van der Waals surface area (Å²) in [4.78, 5) is 4.22. The highest BCUT2D eigenvalue weighted by Crippen LogP contribution is 2.24. The third-order valence-electron chi connectivity index (χ3n) is 2.99. The molecule has 1 atom stereocenters. The standard InChI is InChI=1S/C14H20N4OS/c1-4-19-12-7-5-11(6-8-12)13(15-2)9-20-14-16-10-17-18(14)3/h5-8,10,13,15H,4,9H2,1-3H3. The summed E-state index contributed by atoms with van der Waals surface area (Å²) in [6.07, 6.45) is 1.58. The van der Waals surface area contributed by atoms with Crippen LogP contribution < -0.4 is 10.1 Å². The first kappa shape index (κ1) is 14.9. The third kappa shape index (κ3) is 3.74. The van der Waals surface area contributed by atoms with E-state index in [1.807, 2.05) is 33.2 Å². The number of hydrogen-bond acceptors (Lipinski definition) is 5. The molecule has 6 heteroatoms. The molecule has 108 valence electrons. The predicted molar refractivity (Wildman–Crippen MR) is 81.1 cm³/mol. The Morgan fingerprint density at radius 2 is 2.10 bits per heavy atom. The summed E-state index contributed by atoms with van der Waals surface area (Å²) in [7, 11) is 3.87. The maximum Gasteiger partial charge on any atom is 0.185 e. The van der Waals surface area contributed by atoms with Gasteiger partial charge in [-0.05, 0) is 31.7 Å². The Bertz CT molecular complexity index is 526. The molecule has 1 aromatic carbocycles. The number of nitrogens with zero attached hydrogens (tertiary/aromatic N) is 3. The molecule has 0 aliphatic rings. The van der Waals surface area contributed by atoms with Crippen molar-refractivity contribution in [1.82, 2.24) is 20.1 Å². The van der Waals surface area contributed by atoms with E-state index in [1.165, 1.54) is 5.56 Å². The monoisotopic (exact) mass is 292 g/mol. The average molecular weight is 292 g/mol. The van der Waals surface area contributed by atoms with Crippen molar-refractivity contribution in [2.75, 3.05) is 19.4 Å². The fourth-order valence-electron chi connectivity index (χ4n) is 1.88. The summed E-state index contributed by atoms with van der Waals surface area (Å²) in [6.45, 7) is 2.68. The Kier molecular flexibility index (Phi) is 5.43. The van der Waals surface area contributed by atoms with E-state index in [9.17, 15) is 0 Å². The van der Waals surface area contributed by atoms with Crippen LogP contribution in [0, 0.1) is 0 Å². The van der Waals surface area contributed by atoms with Crippen LogP contribution in [0.1, 0.15) is 18.5 Å². The van der Waals surface area contributed by atoms with Crippen LogP contribution in [0.25, 0.3) is 0 Å². The molecule has 1 N–H and O–H groups in total. The Labute approximate surface area is 123 Å². The maximum atomic E-state index is 5.46. The molecule has 0 spiro atoms. The van der Waals surface area contributed by atoms with Crippen LogP contribution >= 0.6 is 11.8 Å². The zero-order valence-electron chi connectivity index (χ0n) is 12.0. The number of thioether (sulfide) groups is 1. The summed E-state index contributed by atoms with van der Waals surface area (Å²) in [5, 5.41) is 8.33. The van der Waals surface area contributed by atoms with Gasteiger partial charge < -0.3 is 10.1 Å². The average Bonchev–Trinajstić information content (AvgIpc) is 2.87. The fourth-order valence-corrected chi connectivity index (χ4v) is 2.91. The lowest BCUT2D eigenvalue weighted by atomic mass is 10.1. The number of hydrogen-bond donors (Lipinski definition) is 1. The molecule has 5 nitrogen and oxygen atoms in total. The van der Waals surface area contributed by atoms with Gasteiger partial charge in [-0.1, -0.05) is 23.9 Å². The van der Waals surface area contributed by atoms with Crippen molar-refractivity contribution in [3.05, 3.63) is 36.2 Å². The highest BCUT2D eigenvalue weighted by molar-refractivity contribution is 7.99. The van der Waals surface area contributed by atoms with E-state index >= 15 is 0 Å². The van der Waals surface area contributed by atoms with Gasteiger partial charge in [0, 0.05) is 18.8 Å². The molecule has 0 saturated heterocycles. The lowest BCUT2D eigenvalue weighted by Gasteiger charge is -2.16. The highest BCUT2D eigenvalue weighted by atomic mass is 32.2. The van der Waals surface area contributed by atoms with Crippen LogP contribution in [0.3, 0.4) is 0 Å². The van der Waals surface area contributed by atoms with Gasteiger partial charge in [0.15, 0.2) is 5.16 Å². The second-order valence-corrected chi connectivity index (χ2v) is 5.31. The van der Waals surface area contributed by atoms with E-state index in [1.54, 1.807) is 22.8 Å². The van der Waals surface area contributed by atoms with E-state index in [0.29, 0.717) is 6.61 Å². The van der Waals surface area contributed by atoms with E-state index in [2.05, 4.69) is 27.5 Å². The molecule has 0 bridgehead atoms. The first-order valence-electron chi connectivity index (χ1n) is 6.61. The third-order valence-corrected chi connectivity index (χ3v) is 4.12. The van der Waals surface area contributed by atoms with E-state index < -0.39 is 0 Å². The van der Waals surface area contributed by atoms with Crippen molar-refractivity contribution in [1.29, 1.82) is 0 Å². The van der Waals surface area contributed by atoms with Gasteiger partial charge in [-0.15, -0.1) is 0 Å². The molecule has 20 heavy (non-hydrogen) atoms. The molecule has 0 aliphatic carbocycles. The van der Waals surface area contributed by atoms with Crippen LogP contribution in [0.5, 0.6) is 5.75 Å². The van der Waals surface area contributed by atoms with Gasteiger partial charge in [0.05, 0.1) is 6.61 Å². The number of ether oxygens (including phenoxy) is 1. The Morgan fingerprint density at radius 1 is 1.35 bits per heavy atom. The van der Waals surface area contributed by atoms with Gasteiger partial charge in [-0.2, -0.15) is 5.10 Å². The predicted octanol–water partition coefficient (Wildman–Crippen LogP) is 2.27. The van der Waals surface area contributed by atoms with Gasteiger partial charge in [0.25, 0.3) is 0 Å². The SMILES string of the molecule is CCOc1ccc(C(CSc2ncnn2C)NC)cc1. The molecule has 1 heterocycles. The van der Waals surface area contributed by atoms with Crippen molar-refractivity contribution in [2.45, 2.75) is 18.1 Å². The van der Waals surface area contributed by atoms with Crippen LogP contribution in [0.15, 0.2) is 35.7 Å². The zero-order valence-corrected chi connectivity index (χ0v) is 12.9. The van der Waals surface area contributed by atoms with E-state index in [4.69, 9.17) is 4.74 Å². The van der Waals surface area contributed by atoms with Crippen molar-refractivity contribution in [3.8, 4) is 5.75 Å². The number of aryl methyl sites for hydroxylation is 1. The van der Waals surface area contributed by atoms with Gasteiger partial charge in [0.1, 0.15) is 12.1 Å². The molecule has 0 saturated carbocycles. The number of rotatable bonds is 7. The minimum Gasteiger partial charge on any atom is -0.494 e. The molecule has 1 aromatic heterocycles. The Hall–Kier alpha value is -1.53. The van der Waals surface area contributed by atoms with Gasteiger partial charge in [-0.25, -0.2) is 9.67 Å². The normalized spacial score (nSPS) is 12.3. The van der Waals surface area contributed by atoms with Crippen LogP contribution in [-0.4, -0.2) is 34.2 Å². The molecule has 2 rings (SSSR count). The Balaban J connectivity index is 1.98.